The highest BCUT2D eigenvalue weighted by molar-refractivity contribution is 5.86. The van der Waals surface area contributed by atoms with Gasteiger partial charge in [-0.05, 0) is 68.3 Å². The van der Waals surface area contributed by atoms with E-state index >= 15 is 0 Å². The van der Waals surface area contributed by atoms with Gasteiger partial charge in [0, 0.05) is 16.5 Å². The quantitative estimate of drug-likeness (QED) is 0.439. The standard InChI is InChI=1S/C22H19FN2O4/c1-12-8-18-16(11-27-19(18)9-13(12)2)10-20(26)28-14(3)21-24-25-22(29-21)15-4-6-17(23)7-5-15/h4-9,11,14H,10H2,1-3H3/t14-/m1/s1. The normalized spacial score (nSPS) is 12.3. The molecule has 0 aliphatic carbocycles. The third kappa shape index (κ3) is 3.89. The summed E-state index contributed by atoms with van der Waals surface area (Å²) in [7, 11) is 0. The van der Waals surface area contributed by atoms with Gasteiger partial charge >= 0.3 is 5.97 Å². The number of aryl methyl sites for hydroxylation is 2. The van der Waals surface area contributed by atoms with Crippen molar-refractivity contribution in [1.82, 2.24) is 10.2 Å². The van der Waals surface area contributed by atoms with Crippen molar-refractivity contribution in [1.29, 1.82) is 0 Å². The van der Waals surface area contributed by atoms with Gasteiger partial charge in [-0.25, -0.2) is 4.39 Å². The number of fused-ring (bicyclic) bond motifs is 1. The molecule has 2 heterocycles. The number of ether oxygens (including phenoxy) is 1. The van der Waals surface area contributed by atoms with Crippen molar-refractivity contribution in [3.8, 4) is 11.5 Å². The molecule has 29 heavy (non-hydrogen) atoms. The van der Waals surface area contributed by atoms with Crippen molar-refractivity contribution in [2.24, 2.45) is 0 Å². The van der Waals surface area contributed by atoms with Crippen molar-refractivity contribution in [2.45, 2.75) is 33.3 Å². The van der Waals surface area contributed by atoms with Crippen LogP contribution in [0, 0.1) is 19.7 Å². The maximum atomic E-state index is 13.0. The van der Waals surface area contributed by atoms with E-state index in [0.29, 0.717) is 5.56 Å². The molecule has 0 amide bonds. The zero-order valence-electron chi connectivity index (χ0n) is 16.2. The van der Waals surface area contributed by atoms with E-state index < -0.39 is 12.1 Å². The Balaban J connectivity index is 1.45. The van der Waals surface area contributed by atoms with Gasteiger partial charge in [-0.1, -0.05) is 0 Å². The number of benzene rings is 2. The highest BCUT2D eigenvalue weighted by atomic mass is 19.1. The lowest BCUT2D eigenvalue weighted by molar-refractivity contribution is -0.148. The molecule has 0 fully saturated rings. The number of hydrogen-bond donors (Lipinski definition) is 0. The Bertz CT molecular complexity index is 1180. The molecule has 148 valence electrons. The highest BCUT2D eigenvalue weighted by Crippen LogP contribution is 2.27. The minimum absolute atomic E-state index is 0.0683. The Morgan fingerprint density at radius 1 is 1.14 bits per heavy atom. The van der Waals surface area contributed by atoms with E-state index in [0.717, 1.165) is 27.7 Å². The summed E-state index contributed by atoms with van der Waals surface area (Å²) < 4.78 is 29.6. The number of hydrogen-bond acceptors (Lipinski definition) is 6. The Morgan fingerprint density at radius 2 is 1.86 bits per heavy atom. The van der Waals surface area contributed by atoms with Gasteiger partial charge in [0.2, 0.25) is 5.89 Å². The van der Waals surface area contributed by atoms with E-state index in [1.54, 1.807) is 13.2 Å². The fourth-order valence-corrected chi connectivity index (χ4v) is 3.03. The van der Waals surface area contributed by atoms with Gasteiger partial charge in [0.15, 0.2) is 6.10 Å². The van der Waals surface area contributed by atoms with Gasteiger partial charge in [-0.3, -0.25) is 4.79 Å². The van der Waals surface area contributed by atoms with E-state index in [1.165, 1.54) is 24.3 Å². The molecule has 0 aliphatic rings. The Labute approximate surface area is 166 Å². The number of aromatic nitrogens is 2. The van der Waals surface area contributed by atoms with E-state index in [4.69, 9.17) is 13.6 Å². The molecule has 4 rings (SSSR count). The molecular formula is C22H19FN2O4. The lowest BCUT2D eigenvalue weighted by Gasteiger charge is -2.09. The van der Waals surface area contributed by atoms with Crippen LogP contribution in [0.15, 0.2) is 51.5 Å². The molecule has 2 aromatic heterocycles. The van der Waals surface area contributed by atoms with Crippen LogP contribution in [0.1, 0.15) is 35.6 Å². The lowest BCUT2D eigenvalue weighted by Crippen LogP contribution is -2.11. The lowest BCUT2D eigenvalue weighted by atomic mass is 10.0. The van der Waals surface area contributed by atoms with Gasteiger partial charge in [-0.2, -0.15) is 0 Å². The van der Waals surface area contributed by atoms with Crippen molar-refractivity contribution in [3.63, 3.8) is 0 Å². The average Bonchev–Trinajstić information content (AvgIpc) is 3.31. The summed E-state index contributed by atoms with van der Waals surface area (Å²) in [5, 5.41) is 8.76. The number of esters is 1. The molecule has 1 atom stereocenters. The number of rotatable bonds is 5. The maximum absolute atomic E-state index is 13.0. The second-order valence-electron chi connectivity index (χ2n) is 6.95. The predicted molar refractivity (Wildman–Crippen MR) is 104 cm³/mol. The van der Waals surface area contributed by atoms with Gasteiger partial charge in [0.25, 0.3) is 5.89 Å². The average molecular weight is 394 g/mol. The van der Waals surface area contributed by atoms with Crippen LogP contribution in [0.3, 0.4) is 0 Å². The molecule has 7 heteroatoms. The van der Waals surface area contributed by atoms with Gasteiger partial charge < -0.3 is 13.6 Å². The molecule has 6 nitrogen and oxygen atoms in total. The number of halogens is 1. The summed E-state index contributed by atoms with van der Waals surface area (Å²) in [6, 6.07) is 9.65. The molecule has 0 N–H and O–H groups in total. The number of furan rings is 1. The first-order chi connectivity index (χ1) is 13.9. The molecule has 0 aliphatic heterocycles. The first kappa shape index (κ1) is 18.9. The largest absolute Gasteiger partial charge is 0.464 e. The van der Waals surface area contributed by atoms with E-state index in [-0.39, 0.29) is 24.0 Å². The van der Waals surface area contributed by atoms with Crippen LogP contribution in [-0.4, -0.2) is 16.2 Å². The smallest absolute Gasteiger partial charge is 0.311 e. The summed E-state index contributed by atoms with van der Waals surface area (Å²) in [6.45, 7) is 5.68. The molecule has 2 aromatic carbocycles. The molecule has 0 unspecified atom stereocenters. The van der Waals surface area contributed by atoms with Crippen molar-refractivity contribution < 1.29 is 22.8 Å². The molecule has 0 bridgehead atoms. The van der Waals surface area contributed by atoms with E-state index in [9.17, 15) is 9.18 Å². The zero-order valence-corrected chi connectivity index (χ0v) is 16.2. The summed E-state index contributed by atoms with van der Waals surface area (Å²) in [6.07, 6.45) is 0.930. The fraction of sp³-hybridized carbons (Fsp3) is 0.227. The number of carbonyl (C=O) groups is 1. The van der Waals surface area contributed by atoms with Crippen molar-refractivity contribution in [2.75, 3.05) is 0 Å². The summed E-state index contributed by atoms with van der Waals surface area (Å²) >= 11 is 0. The van der Waals surface area contributed by atoms with E-state index in [1.807, 2.05) is 26.0 Å². The highest BCUT2D eigenvalue weighted by Gasteiger charge is 2.20. The van der Waals surface area contributed by atoms with Crippen LogP contribution in [0.4, 0.5) is 4.39 Å². The summed E-state index contributed by atoms with van der Waals surface area (Å²) in [4.78, 5) is 12.4. The van der Waals surface area contributed by atoms with Crippen LogP contribution >= 0.6 is 0 Å². The second-order valence-corrected chi connectivity index (χ2v) is 6.95. The molecule has 0 saturated heterocycles. The molecule has 0 saturated carbocycles. The second kappa shape index (κ2) is 7.50. The molecular weight excluding hydrogens is 375 g/mol. The van der Waals surface area contributed by atoms with Gasteiger partial charge in [0.1, 0.15) is 11.4 Å². The first-order valence-electron chi connectivity index (χ1n) is 9.17. The SMILES string of the molecule is Cc1cc2occ(CC(=O)O[C@H](C)c3nnc(-c4ccc(F)cc4)o3)c2cc1C. The maximum Gasteiger partial charge on any atom is 0.311 e. The topological polar surface area (TPSA) is 78.4 Å². The molecule has 0 spiro atoms. The predicted octanol–water partition coefficient (Wildman–Crippen LogP) is 5.09. The van der Waals surface area contributed by atoms with Crippen LogP contribution < -0.4 is 0 Å². The number of carbonyl (C=O) groups excluding carboxylic acids is 1. The van der Waals surface area contributed by atoms with Crippen LogP contribution in [-0.2, 0) is 16.0 Å². The Kier molecular flexibility index (Phi) is 4.88. The minimum Gasteiger partial charge on any atom is -0.464 e. The van der Waals surface area contributed by atoms with Crippen LogP contribution in [0.5, 0.6) is 0 Å². The fourth-order valence-electron chi connectivity index (χ4n) is 3.03. The van der Waals surface area contributed by atoms with Crippen molar-refractivity contribution >= 4 is 16.9 Å². The number of nitrogens with zero attached hydrogens (tertiary/aromatic N) is 2. The van der Waals surface area contributed by atoms with Crippen molar-refractivity contribution in [3.05, 3.63) is 71.1 Å². The first-order valence-corrected chi connectivity index (χ1v) is 9.17. The van der Waals surface area contributed by atoms with Gasteiger partial charge in [0.05, 0.1) is 12.7 Å². The molecule has 4 aromatic rings. The Hall–Kier alpha value is -3.48. The third-order valence-corrected chi connectivity index (χ3v) is 4.79. The summed E-state index contributed by atoms with van der Waals surface area (Å²) in [5.41, 5.74) is 4.34. The zero-order chi connectivity index (χ0) is 20.5. The third-order valence-electron chi connectivity index (χ3n) is 4.79. The summed E-state index contributed by atoms with van der Waals surface area (Å²) in [5.74, 6) is -0.386. The molecule has 0 radical (unpaired) electrons. The van der Waals surface area contributed by atoms with Gasteiger partial charge in [-0.15, -0.1) is 10.2 Å². The van der Waals surface area contributed by atoms with Crippen LogP contribution in [0.2, 0.25) is 0 Å². The monoisotopic (exact) mass is 394 g/mol. The minimum atomic E-state index is -0.716. The Morgan fingerprint density at radius 3 is 2.62 bits per heavy atom. The van der Waals surface area contributed by atoms with Crippen LogP contribution in [0.25, 0.3) is 22.4 Å². The van der Waals surface area contributed by atoms with E-state index in [2.05, 4.69) is 10.2 Å².